The lowest BCUT2D eigenvalue weighted by Crippen LogP contribution is -2.35. The highest BCUT2D eigenvalue weighted by molar-refractivity contribution is 5.83. The molecule has 2 unspecified atom stereocenters. The van der Waals surface area contributed by atoms with Gasteiger partial charge in [-0.05, 0) is 46.7 Å². The predicted molar refractivity (Wildman–Crippen MR) is 116 cm³/mol. The smallest absolute Gasteiger partial charge is 0.308 e. The SMILES string of the molecule is O=C(CC1CCOc2ccccc21)NCC(Cc1ccc2ccccc2c1)C(=O)O. The Labute approximate surface area is 175 Å². The fourth-order valence-electron chi connectivity index (χ4n) is 4.06. The number of carbonyl (C=O) groups is 2. The Balaban J connectivity index is 1.37. The number of carboxylic acid groups (broad SMARTS) is 1. The number of nitrogens with one attached hydrogen (secondary N) is 1. The standard InChI is InChI=1S/C25H25NO4/c27-24(15-20-11-12-30-23-8-4-3-7-22(20)23)26-16-21(25(28)29)14-17-9-10-18-5-1-2-6-19(18)13-17/h1-10,13,20-21H,11-12,14-16H2,(H,26,27)(H,28,29). The largest absolute Gasteiger partial charge is 0.493 e. The van der Waals surface area contributed by atoms with Gasteiger partial charge in [-0.1, -0.05) is 60.7 Å². The summed E-state index contributed by atoms with van der Waals surface area (Å²) < 4.78 is 5.65. The first-order valence-electron chi connectivity index (χ1n) is 10.3. The van der Waals surface area contributed by atoms with E-state index in [4.69, 9.17) is 4.74 Å². The van der Waals surface area contributed by atoms with Crippen LogP contribution in [-0.4, -0.2) is 30.1 Å². The molecule has 2 N–H and O–H groups in total. The number of carboxylic acids is 1. The summed E-state index contributed by atoms with van der Waals surface area (Å²) in [5, 5.41) is 14.7. The number of rotatable bonds is 7. The van der Waals surface area contributed by atoms with Crippen LogP contribution in [0.5, 0.6) is 5.75 Å². The summed E-state index contributed by atoms with van der Waals surface area (Å²) in [5.41, 5.74) is 2.00. The van der Waals surface area contributed by atoms with Crippen molar-refractivity contribution >= 4 is 22.6 Å². The van der Waals surface area contributed by atoms with Crippen molar-refractivity contribution in [3.05, 3.63) is 77.9 Å². The zero-order valence-corrected chi connectivity index (χ0v) is 16.7. The van der Waals surface area contributed by atoms with Crippen molar-refractivity contribution in [2.24, 2.45) is 5.92 Å². The van der Waals surface area contributed by atoms with E-state index in [1.54, 1.807) is 0 Å². The molecule has 2 atom stereocenters. The molecule has 4 rings (SSSR count). The van der Waals surface area contributed by atoms with Crippen LogP contribution in [0, 0.1) is 5.92 Å². The molecule has 0 aromatic heterocycles. The lowest BCUT2D eigenvalue weighted by Gasteiger charge is -2.25. The highest BCUT2D eigenvalue weighted by Crippen LogP contribution is 2.35. The number of para-hydroxylation sites is 1. The maximum atomic E-state index is 12.5. The van der Waals surface area contributed by atoms with Gasteiger partial charge in [0.25, 0.3) is 0 Å². The molecule has 1 heterocycles. The van der Waals surface area contributed by atoms with Crippen LogP contribution in [0.25, 0.3) is 10.8 Å². The van der Waals surface area contributed by atoms with Gasteiger partial charge in [0, 0.05) is 13.0 Å². The van der Waals surface area contributed by atoms with Gasteiger partial charge in [0.2, 0.25) is 5.91 Å². The molecule has 3 aromatic carbocycles. The summed E-state index contributed by atoms with van der Waals surface area (Å²) in [6.45, 7) is 0.709. The van der Waals surface area contributed by atoms with Gasteiger partial charge in [0.1, 0.15) is 5.75 Å². The van der Waals surface area contributed by atoms with Crippen LogP contribution < -0.4 is 10.1 Å². The monoisotopic (exact) mass is 403 g/mol. The zero-order valence-electron chi connectivity index (χ0n) is 16.7. The Morgan fingerprint density at radius 2 is 1.80 bits per heavy atom. The van der Waals surface area contributed by atoms with Crippen molar-refractivity contribution in [1.82, 2.24) is 5.32 Å². The van der Waals surface area contributed by atoms with Crippen molar-refractivity contribution in [3.63, 3.8) is 0 Å². The van der Waals surface area contributed by atoms with E-state index in [0.29, 0.717) is 19.4 Å². The lowest BCUT2D eigenvalue weighted by atomic mass is 9.90. The van der Waals surface area contributed by atoms with Gasteiger partial charge < -0.3 is 15.2 Å². The second-order valence-electron chi connectivity index (χ2n) is 7.80. The molecule has 0 saturated heterocycles. The molecular formula is C25H25NO4. The number of amides is 1. The van der Waals surface area contributed by atoms with Gasteiger partial charge in [-0.3, -0.25) is 9.59 Å². The Kier molecular flexibility index (Phi) is 5.98. The van der Waals surface area contributed by atoms with E-state index in [9.17, 15) is 14.7 Å². The van der Waals surface area contributed by atoms with Crippen LogP contribution in [-0.2, 0) is 16.0 Å². The molecule has 30 heavy (non-hydrogen) atoms. The summed E-state index contributed by atoms with van der Waals surface area (Å²) in [6, 6.07) is 21.8. The summed E-state index contributed by atoms with van der Waals surface area (Å²) in [5.74, 6) is -0.765. The normalized spacial score (nSPS) is 16.3. The minimum absolute atomic E-state index is 0.0960. The van der Waals surface area contributed by atoms with E-state index in [2.05, 4.69) is 5.32 Å². The maximum Gasteiger partial charge on any atom is 0.308 e. The Morgan fingerprint density at radius 3 is 2.63 bits per heavy atom. The molecule has 0 saturated carbocycles. The van der Waals surface area contributed by atoms with E-state index < -0.39 is 11.9 Å². The highest BCUT2D eigenvalue weighted by atomic mass is 16.5. The molecular weight excluding hydrogens is 378 g/mol. The van der Waals surface area contributed by atoms with Crippen LogP contribution >= 0.6 is 0 Å². The zero-order chi connectivity index (χ0) is 20.9. The van der Waals surface area contributed by atoms with Crippen molar-refractivity contribution in [2.45, 2.75) is 25.2 Å². The van der Waals surface area contributed by atoms with E-state index in [-0.39, 0.29) is 18.4 Å². The van der Waals surface area contributed by atoms with Crippen LogP contribution in [0.1, 0.15) is 29.9 Å². The second kappa shape index (κ2) is 8.99. The third kappa shape index (κ3) is 4.62. The third-order valence-electron chi connectivity index (χ3n) is 5.71. The molecule has 0 aliphatic carbocycles. The molecule has 1 aliphatic rings. The maximum absolute atomic E-state index is 12.5. The van der Waals surface area contributed by atoms with Crippen molar-refractivity contribution < 1.29 is 19.4 Å². The first-order chi connectivity index (χ1) is 14.6. The van der Waals surface area contributed by atoms with Crippen molar-refractivity contribution in [2.75, 3.05) is 13.2 Å². The minimum atomic E-state index is -0.903. The molecule has 0 radical (unpaired) electrons. The number of hydrogen-bond donors (Lipinski definition) is 2. The Hall–Kier alpha value is -3.34. The molecule has 0 spiro atoms. The van der Waals surface area contributed by atoms with Crippen LogP contribution in [0.4, 0.5) is 0 Å². The molecule has 0 bridgehead atoms. The molecule has 154 valence electrons. The summed E-state index contributed by atoms with van der Waals surface area (Å²) >= 11 is 0. The van der Waals surface area contributed by atoms with E-state index in [1.807, 2.05) is 66.7 Å². The summed E-state index contributed by atoms with van der Waals surface area (Å²) in [4.78, 5) is 24.3. The van der Waals surface area contributed by atoms with Gasteiger partial charge in [-0.25, -0.2) is 0 Å². The fourth-order valence-corrected chi connectivity index (χ4v) is 4.06. The lowest BCUT2D eigenvalue weighted by molar-refractivity contribution is -0.141. The third-order valence-corrected chi connectivity index (χ3v) is 5.71. The van der Waals surface area contributed by atoms with Gasteiger partial charge in [-0.15, -0.1) is 0 Å². The Morgan fingerprint density at radius 1 is 1.03 bits per heavy atom. The molecule has 1 amide bonds. The van der Waals surface area contributed by atoms with Gasteiger partial charge in [0.15, 0.2) is 0 Å². The molecule has 5 nitrogen and oxygen atoms in total. The summed E-state index contributed by atoms with van der Waals surface area (Å²) in [7, 11) is 0. The number of fused-ring (bicyclic) bond motifs is 2. The predicted octanol–water partition coefficient (Wildman–Crippen LogP) is 4.16. The van der Waals surface area contributed by atoms with Crippen molar-refractivity contribution in [3.8, 4) is 5.75 Å². The van der Waals surface area contributed by atoms with Crippen molar-refractivity contribution in [1.29, 1.82) is 0 Å². The second-order valence-corrected chi connectivity index (χ2v) is 7.80. The average Bonchev–Trinajstić information content (AvgIpc) is 2.76. The first-order valence-corrected chi connectivity index (χ1v) is 10.3. The number of ether oxygens (including phenoxy) is 1. The molecule has 0 fully saturated rings. The van der Waals surface area contributed by atoms with Gasteiger partial charge in [-0.2, -0.15) is 0 Å². The Bertz CT molecular complexity index is 1060. The van der Waals surface area contributed by atoms with E-state index in [0.717, 1.165) is 34.1 Å². The quantitative estimate of drug-likeness (QED) is 0.621. The number of carbonyl (C=O) groups excluding carboxylic acids is 1. The van der Waals surface area contributed by atoms with Crippen LogP contribution in [0.3, 0.4) is 0 Å². The minimum Gasteiger partial charge on any atom is -0.493 e. The average molecular weight is 403 g/mol. The number of hydrogen-bond acceptors (Lipinski definition) is 3. The number of benzene rings is 3. The molecule has 5 heteroatoms. The fraction of sp³-hybridized carbons (Fsp3) is 0.280. The first kappa shape index (κ1) is 20.0. The summed E-state index contributed by atoms with van der Waals surface area (Å²) in [6.07, 6.45) is 1.49. The van der Waals surface area contributed by atoms with Crippen LogP contribution in [0.2, 0.25) is 0 Å². The van der Waals surface area contributed by atoms with E-state index in [1.165, 1.54) is 0 Å². The molecule has 1 aliphatic heterocycles. The van der Waals surface area contributed by atoms with Gasteiger partial charge >= 0.3 is 5.97 Å². The molecule has 3 aromatic rings. The number of aliphatic carboxylic acids is 1. The highest BCUT2D eigenvalue weighted by Gasteiger charge is 2.25. The topological polar surface area (TPSA) is 75.6 Å². The van der Waals surface area contributed by atoms with Crippen LogP contribution in [0.15, 0.2) is 66.7 Å². The van der Waals surface area contributed by atoms with Gasteiger partial charge in [0.05, 0.1) is 12.5 Å². The van der Waals surface area contributed by atoms with E-state index >= 15 is 0 Å².